The Morgan fingerprint density at radius 1 is 1.25 bits per heavy atom. The number of piperidine rings is 1. The molecule has 0 saturated carbocycles. The zero-order valence-electron chi connectivity index (χ0n) is 16.5. The van der Waals surface area contributed by atoms with Crippen LogP contribution in [0, 0.1) is 5.92 Å². The molecule has 7 heteroatoms. The lowest BCUT2D eigenvalue weighted by atomic mass is 9.96. The van der Waals surface area contributed by atoms with E-state index >= 15 is 0 Å². The van der Waals surface area contributed by atoms with Gasteiger partial charge in [-0.1, -0.05) is 31.9 Å². The van der Waals surface area contributed by atoms with Gasteiger partial charge in [0.05, 0.1) is 16.0 Å². The molecule has 1 saturated heterocycles. The maximum Gasteiger partial charge on any atom is 0.232 e. The fourth-order valence-corrected chi connectivity index (χ4v) is 5.37. The van der Waals surface area contributed by atoms with Crippen LogP contribution in [0.1, 0.15) is 44.0 Å². The molecule has 1 aromatic heterocycles. The maximum absolute atomic E-state index is 12.5. The monoisotopic (exact) mass is 419 g/mol. The zero-order valence-corrected chi connectivity index (χ0v) is 18.1. The topological polar surface area (TPSA) is 62.3 Å². The summed E-state index contributed by atoms with van der Waals surface area (Å²) in [5.41, 5.74) is 1.03. The molecule has 0 atom stereocenters. The number of nitrogens with one attached hydrogen (secondary N) is 1. The van der Waals surface area contributed by atoms with Crippen molar-refractivity contribution in [2.24, 2.45) is 5.92 Å². The smallest absolute Gasteiger partial charge is 0.232 e. The van der Waals surface area contributed by atoms with Crippen LogP contribution in [0.4, 0.5) is 0 Å². The number of nitrogens with zero attached hydrogens (tertiary/aromatic N) is 2. The van der Waals surface area contributed by atoms with E-state index in [1.54, 1.807) is 23.1 Å². The molecule has 1 aliphatic heterocycles. The summed E-state index contributed by atoms with van der Waals surface area (Å²) < 4.78 is 1.19. The number of amides is 2. The Hall–Kier alpha value is -1.60. The number of hydrogen-bond donors (Lipinski definition) is 1. The van der Waals surface area contributed by atoms with E-state index in [0.717, 1.165) is 54.9 Å². The van der Waals surface area contributed by atoms with Crippen LogP contribution >= 0.6 is 23.1 Å². The Morgan fingerprint density at radius 3 is 2.79 bits per heavy atom. The number of thioether (sulfide) groups is 1. The number of benzene rings is 1. The summed E-state index contributed by atoms with van der Waals surface area (Å²) in [5.74, 6) is 1.63. The van der Waals surface area contributed by atoms with Crippen molar-refractivity contribution >= 4 is 45.1 Å². The first-order valence-corrected chi connectivity index (χ1v) is 12.1. The zero-order chi connectivity index (χ0) is 19.8. The number of rotatable bonds is 9. The molecule has 0 bridgehead atoms. The second-order valence-corrected chi connectivity index (χ2v) is 9.32. The van der Waals surface area contributed by atoms with Crippen LogP contribution in [0.2, 0.25) is 0 Å². The lowest BCUT2D eigenvalue weighted by Crippen LogP contribution is -2.43. The van der Waals surface area contributed by atoms with E-state index < -0.39 is 0 Å². The van der Waals surface area contributed by atoms with Gasteiger partial charge >= 0.3 is 0 Å². The van der Waals surface area contributed by atoms with Crippen LogP contribution in [0.3, 0.4) is 0 Å². The number of unbranched alkanes of at least 4 members (excludes halogenated alkanes) is 2. The van der Waals surface area contributed by atoms with Crippen molar-refractivity contribution in [1.29, 1.82) is 0 Å². The number of para-hydroxylation sites is 1. The average molecular weight is 420 g/mol. The number of hydrogen-bond acceptors (Lipinski definition) is 5. The molecule has 1 aromatic carbocycles. The normalized spacial score (nSPS) is 15.1. The molecular weight excluding hydrogens is 390 g/mol. The summed E-state index contributed by atoms with van der Waals surface area (Å²) in [7, 11) is 0. The summed E-state index contributed by atoms with van der Waals surface area (Å²) >= 11 is 3.32. The number of fused-ring (bicyclic) bond motifs is 1. The molecule has 0 aliphatic carbocycles. The highest BCUT2D eigenvalue weighted by atomic mass is 32.2. The minimum Gasteiger partial charge on any atom is -0.356 e. The first-order chi connectivity index (χ1) is 13.7. The molecule has 2 aromatic rings. The molecule has 1 fully saturated rings. The van der Waals surface area contributed by atoms with Crippen LogP contribution in [0.25, 0.3) is 10.2 Å². The highest BCUT2D eigenvalue weighted by Gasteiger charge is 2.26. The fourth-order valence-electron chi connectivity index (χ4n) is 3.42. The third kappa shape index (κ3) is 5.95. The van der Waals surface area contributed by atoms with Crippen molar-refractivity contribution in [3.63, 3.8) is 0 Å². The van der Waals surface area contributed by atoms with Gasteiger partial charge in [-0.15, -0.1) is 23.1 Å². The molecular formula is C21H29N3O2S2. The SMILES string of the molecule is CCCCCNC(=O)C1CCN(C(=O)CSCc2nc3ccccc3s2)CC1. The van der Waals surface area contributed by atoms with Gasteiger partial charge in [0, 0.05) is 31.3 Å². The van der Waals surface area contributed by atoms with Gasteiger partial charge in [-0.05, 0) is 31.4 Å². The van der Waals surface area contributed by atoms with Crippen molar-refractivity contribution in [2.45, 2.75) is 44.8 Å². The van der Waals surface area contributed by atoms with E-state index in [1.807, 2.05) is 23.1 Å². The van der Waals surface area contributed by atoms with Crippen molar-refractivity contribution in [2.75, 3.05) is 25.4 Å². The fraction of sp³-hybridized carbons (Fsp3) is 0.571. The molecule has 1 N–H and O–H groups in total. The minimum atomic E-state index is 0.0566. The second-order valence-electron chi connectivity index (χ2n) is 7.22. The summed E-state index contributed by atoms with van der Waals surface area (Å²) in [6.45, 7) is 4.31. The predicted octanol–water partition coefficient (Wildman–Crippen LogP) is 4.07. The van der Waals surface area contributed by atoms with E-state index in [0.29, 0.717) is 18.8 Å². The average Bonchev–Trinajstić information content (AvgIpc) is 3.14. The van der Waals surface area contributed by atoms with E-state index in [9.17, 15) is 9.59 Å². The molecule has 1 aliphatic rings. The van der Waals surface area contributed by atoms with E-state index in [1.165, 1.54) is 4.70 Å². The number of carbonyl (C=O) groups is 2. The van der Waals surface area contributed by atoms with Gasteiger partial charge < -0.3 is 10.2 Å². The van der Waals surface area contributed by atoms with E-state index in [-0.39, 0.29) is 17.7 Å². The minimum absolute atomic E-state index is 0.0566. The molecule has 0 radical (unpaired) electrons. The van der Waals surface area contributed by atoms with Gasteiger partial charge in [-0.25, -0.2) is 4.98 Å². The molecule has 2 amide bonds. The molecule has 0 unspecified atom stereocenters. The quantitative estimate of drug-likeness (QED) is 0.622. The van der Waals surface area contributed by atoms with Gasteiger partial charge in [-0.2, -0.15) is 0 Å². The molecule has 0 spiro atoms. The third-order valence-corrected chi connectivity index (χ3v) is 7.24. The largest absolute Gasteiger partial charge is 0.356 e. The van der Waals surface area contributed by atoms with Gasteiger partial charge in [-0.3, -0.25) is 9.59 Å². The Kier molecular flexibility index (Phi) is 8.15. The summed E-state index contributed by atoms with van der Waals surface area (Å²) in [6, 6.07) is 8.12. The molecule has 3 rings (SSSR count). The highest BCUT2D eigenvalue weighted by molar-refractivity contribution is 7.99. The summed E-state index contributed by atoms with van der Waals surface area (Å²) in [6.07, 6.45) is 4.91. The standard InChI is InChI=1S/C21H29N3O2S2/c1-2-3-6-11-22-21(26)16-9-12-24(13-10-16)20(25)15-27-14-19-23-17-7-4-5-8-18(17)28-19/h4-5,7-8,16H,2-3,6,9-15H2,1H3,(H,22,26). The van der Waals surface area contributed by atoms with E-state index in [2.05, 4.69) is 23.3 Å². The van der Waals surface area contributed by atoms with Gasteiger partial charge in [0.1, 0.15) is 5.01 Å². The second kappa shape index (κ2) is 10.8. The number of carbonyl (C=O) groups excluding carboxylic acids is 2. The Balaban J connectivity index is 1.35. The van der Waals surface area contributed by atoms with Crippen molar-refractivity contribution in [3.05, 3.63) is 29.3 Å². The number of likely N-dealkylation sites (tertiary alicyclic amines) is 1. The Morgan fingerprint density at radius 2 is 2.04 bits per heavy atom. The lowest BCUT2D eigenvalue weighted by molar-refractivity contribution is -0.133. The number of thiazole rings is 1. The van der Waals surface area contributed by atoms with Crippen LogP contribution in [-0.2, 0) is 15.3 Å². The van der Waals surface area contributed by atoms with E-state index in [4.69, 9.17) is 0 Å². The Labute approximate surface area is 175 Å². The molecule has 28 heavy (non-hydrogen) atoms. The van der Waals surface area contributed by atoms with Gasteiger partial charge in [0.15, 0.2) is 0 Å². The maximum atomic E-state index is 12.5. The first-order valence-electron chi connectivity index (χ1n) is 10.1. The van der Waals surface area contributed by atoms with Crippen LogP contribution in [0.15, 0.2) is 24.3 Å². The highest BCUT2D eigenvalue weighted by Crippen LogP contribution is 2.25. The van der Waals surface area contributed by atoms with Crippen molar-refractivity contribution in [3.8, 4) is 0 Å². The third-order valence-electron chi connectivity index (χ3n) is 5.09. The molecule has 152 valence electrons. The first kappa shape index (κ1) is 21.1. The van der Waals surface area contributed by atoms with Gasteiger partial charge in [0.25, 0.3) is 0 Å². The van der Waals surface area contributed by atoms with Crippen LogP contribution < -0.4 is 5.32 Å². The predicted molar refractivity (Wildman–Crippen MR) is 118 cm³/mol. The van der Waals surface area contributed by atoms with Crippen molar-refractivity contribution < 1.29 is 9.59 Å². The summed E-state index contributed by atoms with van der Waals surface area (Å²) in [5, 5.41) is 4.11. The lowest BCUT2D eigenvalue weighted by Gasteiger charge is -2.31. The van der Waals surface area contributed by atoms with Crippen molar-refractivity contribution in [1.82, 2.24) is 15.2 Å². The molecule has 5 nitrogen and oxygen atoms in total. The molecule has 2 heterocycles. The van der Waals surface area contributed by atoms with Crippen LogP contribution in [-0.4, -0.2) is 47.1 Å². The van der Waals surface area contributed by atoms with Gasteiger partial charge in [0.2, 0.25) is 11.8 Å². The Bertz CT molecular complexity index is 752. The van der Waals surface area contributed by atoms with Crippen LogP contribution in [0.5, 0.6) is 0 Å². The number of aromatic nitrogens is 1. The summed E-state index contributed by atoms with van der Waals surface area (Å²) in [4.78, 5) is 31.2.